The van der Waals surface area contributed by atoms with Crippen molar-refractivity contribution < 1.29 is 9.90 Å². The summed E-state index contributed by atoms with van der Waals surface area (Å²) >= 11 is 0. The van der Waals surface area contributed by atoms with E-state index in [1.54, 1.807) is 0 Å². The molecule has 0 radical (unpaired) electrons. The Morgan fingerprint density at radius 1 is 1.65 bits per heavy atom. The Kier molecular flexibility index (Phi) is 3.72. The molecule has 17 heavy (non-hydrogen) atoms. The average Bonchev–Trinajstić information content (AvgIpc) is 2.22. The number of aromatic amines is 1. The first kappa shape index (κ1) is 13.0. The Morgan fingerprint density at radius 2 is 2.29 bits per heavy atom. The van der Waals surface area contributed by atoms with Crippen LogP contribution in [0.3, 0.4) is 0 Å². The van der Waals surface area contributed by atoms with Crippen molar-refractivity contribution in [2.75, 3.05) is 11.1 Å². The van der Waals surface area contributed by atoms with Gasteiger partial charge in [-0.25, -0.2) is 4.98 Å². The van der Waals surface area contributed by atoms with Crippen molar-refractivity contribution in [2.24, 2.45) is 0 Å². The minimum atomic E-state index is -0.869. The molecule has 0 atom stereocenters. The summed E-state index contributed by atoms with van der Waals surface area (Å²) in [6.45, 7) is 3.64. The van der Waals surface area contributed by atoms with Crippen molar-refractivity contribution in [3.8, 4) is 0 Å². The van der Waals surface area contributed by atoms with Crippen LogP contribution in [-0.4, -0.2) is 26.6 Å². The van der Waals surface area contributed by atoms with Crippen molar-refractivity contribution in [3.05, 3.63) is 16.7 Å². The standard InChI is InChI=1S/C10H16N4O3/c1-10(2,4-3-6(15)16)14-8-7(11)9(17)13-5-12-8/h5H,3-4,11H2,1-2H3,(H,15,16)(H2,12,13,14,17). The van der Waals surface area contributed by atoms with E-state index in [-0.39, 0.29) is 17.9 Å². The van der Waals surface area contributed by atoms with Gasteiger partial charge in [0.2, 0.25) is 0 Å². The molecular weight excluding hydrogens is 224 g/mol. The lowest BCUT2D eigenvalue weighted by atomic mass is 9.98. The lowest BCUT2D eigenvalue weighted by Gasteiger charge is -2.26. The van der Waals surface area contributed by atoms with Gasteiger partial charge in [0.15, 0.2) is 5.82 Å². The molecule has 1 aromatic heterocycles. The molecular formula is C10H16N4O3. The molecule has 0 unspecified atom stereocenters. The van der Waals surface area contributed by atoms with E-state index >= 15 is 0 Å². The maximum atomic E-state index is 11.2. The summed E-state index contributed by atoms with van der Waals surface area (Å²) in [4.78, 5) is 28.0. The minimum Gasteiger partial charge on any atom is -0.481 e. The summed E-state index contributed by atoms with van der Waals surface area (Å²) in [5, 5.41) is 11.6. The van der Waals surface area contributed by atoms with Crippen LogP contribution in [0.2, 0.25) is 0 Å². The maximum absolute atomic E-state index is 11.2. The monoisotopic (exact) mass is 240 g/mol. The van der Waals surface area contributed by atoms with E-state index in [0.29, 0.717) is 6.42 Å². The fourth-order valence-corrected chi connectivity index (χ4v) is 1.31. The van der Waals surface area contributed by atoms with E-state index in [1.165, 1.54) is 6.33 Å². The second-order valence-corrected chi connectivity index (χ2v) is 4.40. The number of carbonyl (C=O) groups is 1. The molecule has 7 heteroatoms. The van der Waals surface area contributed by atoms with E-state index in [1.807, 2.05) is 13.8 Å². The zero-order chi connectivity index (χ0) is 13.1. The van der Waals surface area contributed by atoms with E-state index in [9.17, 15) is 9.59 Å². The number of rotatable bonds is 5. The van der Waals surface area contributed by atoms with Gasteiger partial charge in [-0.2, -0.15) is 0 Å². The molecule has 0 bridgehead atoms. The number of anilines is 2. The molecule has 0 aliphatic heterocycles. The third-order valence-corrected chi connectivity index (χ3v) is 2.31. The van der Waals surface area contributed by atoms with Gasteiger partial charge in [-0.3, -0.25) is 9.59 Å². The molecule has 0 aliphatic carbocycles. The number of carboxylic acid groups (broad SMARTS) is 1. The van der Waals surface area contributed by atoms with E-state index in [0.717, 1.165) is 0 Å². The van der Waals surface area contributed by atoms with Gasteiger partial charge in [-0.15, -0.1) is 0 Å². The van der Waals surface area contributed by atoms with Crippen LogP contribution in [0.25, 0.3) is 0 Å². The second kappa shape index (κ2) is 4.86. The van der Waals surface area contributed by atoms with Crippen LogP contribution in [-0.2, 0) is 4.79 Å². The zero-order valence-electron chi connectivity index (χ0n) is 9.78. The number of nitrogens with two attached hydrogens (primary N) is 1. The average molecular weight is 240 g/mol. The van der Waals surface area contributed by atoms with Gasteiger partial charge in [-0.1, -0.05) is 0 Å². The molecule has 1 heterocycles. The Bertz CT molecular complexity index is 467. The summed E-state index contributed by atoms with van der Waals surface area (Å²) in [6.07, 6.45) is 1.67. The normalized spacial score (nSPS) is 11.2. The highest BCUT2D eigenvalue weighted by Crippen LogP contribution is 2.19. The summed E-state index contributed by atoms with van der Waals surface area (Å²) in [5.74, 6) is -0.601. The third-order valence-electron chi connectivity index (χ3n) is 2.31. The van der Waals surface area contributed by atoms with Gasteiger partial charge >= 0.3 is 5.97 Å². The van der Waals surface area contributed by atoms with Crippen molar-refractivity contribution in [1.82, 2.24) is 9.97 Å². The Balaban J connectivity index is 2.79. The number of aromatic nitrogens is 2. The van der Waals surface area contributed by atoms with Crippen LogP contribution >= 0.6 is 0 Å². The maximum Gasteiger partial charge on any atom is 0.303 e. The first-order chi connectivity index (χ1) is 7.82. The van der Waals surface area contributed by atoms with Gasteiger partial charge < -0.3 is 21.1 Å². The van der Waals surface area contributed by atoms with Gasteiger partial charge in [0.25, 0.3) is 5.56 Å². The Hall–Kier alpha value is -2.05. The lowest BCUT2D eigenvalue weighted by molar-refractivity contribution is -0.137. The van der Waals surface area contributed by atoms with Crippen LogP contribution in [0.5, 0.6) is 0 Å². The van der Waals surface area contributed by atoms with Gasteiger partial charge in [-0.05, 0) is 20.3 Å². The molecule has 0 amide bonds. The number of aliphatic carboxylic acids is 1. The number of hydrogen-bond donors (Lipinski definition) is 4. The first-order valence-corrected chi connectivity index (χ1v) is 5.15. The molecule has 94 valence electrons. The number of nitrogens with zero attached hydrogens (tertiary/aromatic N) is 1. The van der Waals surface area contributed by atoms with E-state index in [2.05, 4.69) is 15.3 Å². The highest BCUT2D eigenvalue weighted by atomic mass is 16.4. The molecule has 0 saturated heterocycles. The van der Waals surface area contributed by atoms with Crippen LogP contribution < -0.4 is 16.6 Å². The fraction of sp³-hybridized carbons (Fsp3) is 0.500. The predicted octanol–water partition coefficient (Wildman–Crippen LogP) is 0.407. The minimum absolute atomic E-state index is 0.00380. The molecule has 7 nitrogen and oxygen atoms in total. The lowest BCUT2D eigenvalue weighted by Crippen LogP contribution is -2.33. The zero-order valence-corrected chi connectivity index (χ0v) is 9.78. The topological polar surface area (TPSA) is 121 Å². The van der Waals surface area contributed by atoms with Crippen molar-refractivity contribution in [2.45, 2.75) is 32.2 Å². The fourth-order valence-electron chi connectivity index (χ4n) is 1.31. The summed E-state index contributed by atoms with van der Waals surface area (Å²) in [7, 11) is 0. The molecule has 1 aromatic rings. The van der Waals surface area contributed by atoms with Crippen LogP contribution in [0.15, 0.2) is 11.1 Å². The highest BCUT2D eigenvalue weighted by Gasteiger charge is 2.20. The smallest absolute Gasteiger partial charge is 0.303 e. The van der Waals surface area contributed by atoms with Crippen molar-refractivity contribution in [3.63, 3.8) is 0 Å². The number of nitrogens with one attached hydrogen (secondary N) is 2. The molecule has 1 rings (SSSR count). The third kappa shape index (κ3) is 3.78. The number of H-pyrrole nitrogens is 1. The Morgan fingerprint density at radius 3 is 2.88 bits per heavy atom. The predicted molar refractivity (Wildman–Crippen MR) is 63.8 cm³/mol. The van der Waals surface area contributed by atoms with E-state index < -0.39 is 17.1 Å². The first-order valence-electron chi connectivity index (χ1n) is 5.15. The number of nitrogen functional groups attached to an aromatic ring is 1. The molecule has 0 fully saturated rings. The molecule has 0 spiro atoms. The quantitative estimate of drug-likeness (QED) is 0.591. The van der Waals surface area contributed by atoms with Gasteiger partial charge in [0, 0.05) is 12.0 Å². The largest absolute Gasteiger partial charge is 0.481 e. The van der Waals surface area contributed by atoms with Crippen molar-refractivity contribution >= 4 is 17.5 Å². The highest BCUT2D eigenvalue weighted by molar-refractivity contribution is 5.67. The van der Waals surface area contributed by atoms with Gasteiger partial charge in [0.1, 0.15) is 5.69 Å². The number of hydrogen-bond acceptors (Lipinski definition) is 5. The van der Waals surface area contributed by atoms with E-state index in [4.69, 9.17) is 10.8 Å². The SMILES string of the molecule is CC(C)(CCC(=O)O)Nc1nc[nH]c(=O)c1N. The summed E-state index contributed by atoms with van der Waals surface area (Å²) < 4.78 is 0. The van der Waals surface area contributed by atoms with Gasteiger partial charge in [0.05, 0.1) is 6.33 Å². The van der Waals surface area contributed by atoms with Crippen molar-refractivity contribution in [1.29, 1.82) is 0 Å². The molecule has 0 aliphatic rings. The Labute approximate surface area is 98.1 Å². The molecule has 0 aromatic carbocycles. The van der Waals surface area contributed by atoms with Crippen LogP contribution in [0, 0.1) is 0 Å². The number of carboxylic acids is 1. The van der Waals surface area contributed by atoms with Crippen LogP contribution in [0.1, 0.15) is 26.7 Å². The molecule has 5 N–H and O–H groups in total. The van der Waals surface area contributed by atoms with Crippen LogP contribution in [0.4, 0.5) is 11.5 Å². The summed E-state index contributed by atoms with van der Waals surface area (Å²) in [6, 6.07) is 0. The molecule has 0 saturated carbocycles. The summed E-state index contributed by atoms with van der Waals surface area (Å²) in [5.41, 5.74) is 4.63. The second-order valence-electron chi connectivity index (χ2n) is 4.40.